The van der Waals surface area contributed by atoms with Crippen molar-refractivity contribution >= 4 is 6.09 Å². The molecular formula is C14H13FN4O3. The highest BCUT2D eigenvalue weighted by Crippen LogP contribution is 2.54. The second kappa shape index (κ2) is 4.52. The zero-order valence-corrected chi connectivity index (χ0v) is 11.5. The number of hydrogen-bond acceptors (Lipinski definition) is 5. The number of hydrogen-bond donors (Lipinski definition) is 1. The van der Waals surface area contributed by atoms with Gasteiger partial charge < -0.3 is 10.5 Å². The van der Waals surface area contributed by atoms with Crippen LogP contribution in [0.3, 0.4) is 0 Å². The number of amides is 1. The van der Waals surface area contributed by atoms with Crippen LogP contribution < -0.4 is 5.73 Å². The predicted octanol–water partition coefficient (Wildman–Crippen LogP) is 1.28. The van der Waals surface area contributed by atoms with Gasteiger partial charge in [-0.2, -0.15) is 5.10 Å². The number of nitrogens with zero attached hydrogens (tertiary/aromatic N) is 3. The Morgan fingerprint density at radius 1 is 1.55 bits per heavy atom. The summed E-state index contributed by atoms with van der Waals surface area (Å²) in [6.45, 7) is 0.554. The van der Waals surface area contributed by atoms with Crippen molar-refractivity contribution in [3.63, 3.8) is 0 Å². The summed E-state index contributed by atoms with van der Waals surface area (Å²) in [6, 6.07) is 6.48. The van der Waals surface area contributed by atoms with Gasteiger partial charge in [0.25, 0.3) is 0 Å². The molecule has 0 aliphatic carbocycles. The van der Waals surface area contributed by atoms with Crippen molar-refractivity contribution < 1.29 is 18.8 Å². The molecule has 8 heteroatoms. The second-order valence-corrected chi connectivity index (χ2v) is 5.22. The molecule has 0 spiro atoms. The summed E-state index contributed by atoms with van der Waals surface area (Å²) in [5.74, 6) is -0.449. The van der Waals surface area contributed by atoms with E-state index in [1.807, 2.05) is 0 Å². The lowest BCUT2D eigenvalue weighted by atomic mass is 9.99. The third-order valence-corrected chi connectivity index (χ3v) is 3.98. The lowest BCUT2D eigenvalue weighted by Gasteiger charge is -2.19. The number of benzene rings is 1. The molecule has 0 radical (unpaired) electrons. The van der Waals surface area contributed by atoms with E-state index in [2.05, 4.69) is 5.10 Å². The Morgan fingerprint density at radius 3 is 3.05 bits per heavy atom. The van der Waals surface area contributed by atoms with Gasteiger partial charge in [-0.1, -0.05) is 0 Å². The molecule has 2 aliphatic rings. The Hall–Kier alpha value is -2.45. The van der Waals surface area contributed by atoms with E-state index in [4.69, 9.17) is 15.3 Å². The van der Waals surface area contributed by atoms with Gasteiger partial charge in [0, 0.05) is 30.9 Å². The molecule has 1 aromatic carbocycles. The maximum absolute atomic E-state index is 14.6. The Morgan fingerprint density at radius 2 is 2.41 bits per heavy atom. The van der Waals surface area contributed by atoms with Crippen molar-refractivity contribution in [1.82, 2.24) is 14.8 Å². The van der Waals surface area contributed by atoms with E-state index in [9.17, 15) is 9.18 Å². The van der Waals surface area contributed by atoms with Gasteiger partial charge in [-0.3, -0.25) is 4.84 Å². The van der Waals surface area contributed by atoms with Crippen LogP contribution >= 0.6 is 0 Å². The number of nitrogens with two attached hydrogens (primary N) is 1. The molecule has 4 rings (SSSR count). The Balaban J connectivity index is 1.70. The zero-order valence-electron chi connectivity index (χ0n) is 11.5. The summed E-state index contributed by atoms with van der Waals surface area (Å²) in [5.41, 5.74) is 4.95. The van der Waals surface area contributed by atoms with Crippen LogP contribution in [0.1, 0.15) is 12.0 Å². The topological polar surface area (TPSA) is 85.7 Å². The van der Waals surface area contributed by atoms with Crippen LogP contribution in [-0.4, -0.2) is 33.6 Å². The average molecular weight is 304 g/mol. The van der Waals surface area contributed by atoms with E-state index in [1.165, 1.54) is 6.07 Å². The van der Waals surface area contributed by atoms with Crippen molar-refractivity contribution in [2.45, 2.75) is 18.2 Å². The number of rotatable bonds is 3. The number of carbonyl (C=O) groups is 1. The maximum atomic E-state index is 14.6. The van der Waals surface area contributed by atoms with E-state index in [-0.39, 0.29) is 0 Å². The van der Waals surface area contributed by atoms with E-state index in [0.717, 1.165) is 0 Å². The Kier molecular flexibility index (Phi) is 2.72. The van der Waals surface area contributed by atoms with Crippen LogP contribution in [-0.2, 0) is 15.3 Å². The molecule has 114 valence electrons. The molecule has 0 saturated carbocycles. The molecule has 2 fully saturated rings. The molecule has 2 aliphatic heterocycles. The van der Waals surface area contributed by atoms with E-state index in [1.54, 1.807) is 40.3 Å². The third-order valence-electron chi connectivity index (χ3n) is 3.98. The van der Waals surface area contributed by atoms with Crippen LogP contribution in [0, 0.1) is 5.82 Å². The van der Waals surface area contributed by atoms with E-state index >= 15 is 0 Å². The number of halogens is 1. The first-order valence-electron chi connectivity index (χ1n) is 6.84. The quantitative estimate of drug-likeness (QED) is 0.863. The maximum Gasteiger partial charge on any atom is 0.404 e. The summed E-state index contributed by atoms with van der Waals surface area (Å²) in [7, 11) is 0. The lowest BCUT2D eigenvalue weighted by Crippen LogP contribution is -2.33. The van der Waals surface area contributed by atoms with Crippen molar-refractivity contribution in [3.05, 3.63) is 48.0 Å². The van der Waals surface area contributed by atoms with Crippen LogP contribution in [0.2, 0.25) is 0 Å². The minimum Gasteiger partial charge on any atom is -0.441 e. The number of ether oxygens (including phenoxy) is 1. The predicted molar refractivity (Wildman–Crippen MR) is 72.1 cm³/mol. The van der Waals surface area contributed by atoms with Crippen molar-refractivity contribution in [1.29, 1.82) is 0 Å². The van der Waals surface area contributed by atoms with Gasteiger partial charge in [0.2, 0.25) is 5.72 Å². The first-order valence-corrected chi connectivity index (χ1v) is 6.84. The van der Waals surface area contributed by atoms with Crippen LogP contribution in [0.15, 0.2) is 36.7 Å². The fourth-order valence-corrected chi connectivity index (χ4v) is 3.00. The standard InChI is InChI=1S/C14H13FN4O3/c15-11-8-9(18-6-1-5-17-18)2-3-10(11)14-12(21-13(16)20)4-7-19(14)22-14/h1-3,5-6,8,12H,4,7H2,(H2,16,20). The number of fused-ring (bicyclic) bond motifs is 1. The van der Waals surface area contributed by atoms with Gasteiger partial charge in [-0.15, -0.1) is 5.06 Å². The van der Waals surface area contributed by atoms with Gasteiger partial charge in [-0.05, 0) is 24.3 Å². The molecule has 2 saturated heterocycles. The fourth-order valence-electron chi connectivity index (χ4n) is 3.00. The molecule has 2 N–H and O–H groups in total. The first kappa shape index (κ1) is 13.2. The number of carbonyl (C=O) groups excluding carboxylic acids is 1. The molecule has 1 amide bonds. The van der Waals surface area contributed by atoms with Gasteiger partial charge in [-0.25, -0.2) is 13.9 Å². The molecule has 1 aromatic heterocycles. The summed E-state index contributed by atoms with van der Waals surface area (Å²) < 4.78 is 21.2. The first-order chi connectivity index (χ1) is 10.6. The van der Waals surface area contributed by atoms with Gasteiger partial charge in [0.05, 0.1) is 5.69 Å². The van der Waals surface area contributed by atoms with Crippen molar-refractivity contribution in [3.8, 4) is 5.69 Å². The highest BCUT2D eigenvalue weighted by Gasteiger charge is 2.68. The monoisotopic (exact) mass is 304 g/mol. The van der Waals surface area contributed by atoms with Crippen LogP contribution in [0.25, 0.3) is 5.69 Å². The molecule has 22 heavy (non-hydrogen) atoms. The SMILES string of the molecule is NC(=O)OC1CCN2OC12c1ccc(-n2cccn2)cc1F. The largest absolute Gasteiger partial charge is 0.441 e. The molecule has 0 bridgehead atoms. The molecular weight excluding hydrogens is 291 g/mol. The molecule has 3 heterocycles. The highest BCUT2D eigenvalue weighted by atomic mass is 19.1. The molecule has 7 nitrogen and oxygen atoms in total. The van der Waals surface area contributed by atoms with Gasteiger partial charge in [0.15, 0.2) is 6.10 Å². The van der Waals surface area contributed by atoms with Crippen molar-refractivity contribution in [2.75, 3.05) is 6.54 Å². The zero-order chi connectivity index (χ0) is 15.3. The fraction of sp³-hybridized carbons (Fsp3) is 0.286. The second-order valence-electron chi connectivity index (χ2n) is 5.22. The van der Waals surface area contributed by atoms with Gasteiger partial charge in [0.1, 0.15) is 5.82 Å². The number of aromatic nitrogens is 2. The molecule has 3 unspecified atom stereocenters. The van der Waals surface area contributed by atoms with E-state index in [0.29, 0.717) is 24.2 Å². The lowest BCUT2D eigenvalue weighted by molar-refractivity contribution is 0.0360. The minimum absolute atomic E-state index is 0.326. The summed E-state index contributed by atoms with van der Waals surface area (Å²) >= 11 is 0. The third kappa shape index (κ3) is 1.81. The summed E-state index contributed by atoms with van der Waals surface area (Å²) in [6.07, 6.45) is 2.37. The average Bonchev–Trinajstić information content (AvgIpc) is 2.85. The smallest absolute Gasteiger partial charge is 0.404 e. The van der Waals surface area contributed by atoms with Crippen molar-refractivity contribution in [2.24, 2.45) is 5.73 Å². The summed E-state index contributed by atoms with van der Waals surface area (Å²) in [4.78, 5) is 16.5. The Labute approximate surface area is 125 Å². The van der Waals surface area contributed by atoms with E-state index < -0.39 is 23.7 Å². The molecule has 2 aromatic rings. The number of hydroxylamine groups is 2. The number of primary amides is 1. The van der Waals surface area contributed by atoms with Crippen LogP contribution in [0.4, 0.5) is 9.18 Å². The Bertz CT molecular complexity index is 736. The minimum atomic E-state index is -1.05. The highest BCUT2D eigenvalue weighted by molar-refractivity contribution is 5.65. The van der Waals surface area contributed by atoms with Crippen LogP contribution in [0.5, 0.6) is 0 Å². The molecule has 3 atom stereocenters. The van der Waals surface area contributed by atoms with Gasteiger partial charge >= 0.3 is 6.09 Å². The normalized spacial score (nSPS) is 29.1. The summed E-state index contributed by atoms with van der Waals surface area (Å²) in [5, 5.41) is 5.66.